The van der Waals surface area contributed by atoms with E-state index in [1.165, 1.54) is 6.08 Å². The minimum absolute atomic E-state index is 0.571. The molecule has 0 aliphatic carbocycles. The van der Waals surface area contributed by atoms with Crippen molar-refractivity contribution in [1.82, 2.24) is 0 Å². The van der Waals surface area contributed by atoms with Crippen molar-refractivity contribution in [1.29, 1.82) is 0 Å². The molecule has 1 heterocycles. The first-order valence-electron chi connectivity index (χ1n) is 4.30. The molecule has 0 aliphatic rings. The number of carbonyl (C=O) groups excluding carboxylic acids is 1. The van der Waals surface area contributed by atoms with Crippen LogP contribution in [0, 0.1) is 13.8 Å². The Morgan fingerprint density at radius 1 is 1.36 bits per heavy atom. The Morgan fingerprint density at radius 3 is 2.86 bits per heavy atom. The zero-order chi connectivity index (χ0) is 10.1. The number of aliphatic imine (C=N–C) groups is 1. The van der Waals surface area contributed by atoms with E-state index in [4.69, 9.17) is 4.42 Å². The van der Waals surface area contributed by atoms with E-state index in [9.17, 15) is 4.79 Å². The van der Waals surface area contributed by atoms with E-state index >= 15 is 0 Å². The van der Waals surface area contributed by atoms with Gasteiger partial charge in [0.2, 0.25) is 6.08 Å². The molecule has 0 N–H and O–H groups in total. The Kier molecular flexibility index (Phi) is 1.95. The van der Waals surface area contributed by atoms with Crippen LogP contribution in [0.2, 0.25) is 0 Å². The zero-order valence-electron chi connectivity index (χ0n) is 8.00. The molecule has 0 aliphatic heterocycles. The Hall–Kier alpha value is -1.86. The summed E-state index contributed by atoms with van der Waals surface area (Å²) in [6, 6.07) is 5.41. The largest absolute Gasteiger partial charge is 0.461 e. The molecule has 0 spiro atoms. The molecule has 1 aromatic heterocycles. The molecule has 0 atom stereocenters. The Morgan fingerprint density at radius 2 is 2.14 bits per heavy atom. The van der Waals surface area contributed by atoms with E-state index in [-0.39, 0.29) is 0 Å². The number of benzene rings is 1. The minimum Gasteiger partial charge on any atom is -0.461 e. The molecule has 0 saturated carbocycles. The monoisotopic (exact) mass is 187 g/mol. The third-order valence-electron chi connectivity index (χ3n) is 2.34. The van der Waals surface area contributed by atoms with Crippen molar-refractivity contribution in [3.63, 3.8) is 0 Å². The molecule has 2 rings (SSSR count). The maximum Gasteiger partial charge on any atom is 0.240 e. The molecule has 0 bridgehead atoms. The predicted molar refractivity (Wildman–Crippen MR) is 53.5 cm³/mol. The van der Waals surface area contributed by atoms with Crippen LogP contribution in [0.1, 0.15) is 11.3 Å². The van der Waals surface area contributed by atoms with Gasteiger partial charge in [0.25, 0.3) is 0 Å². The SMILES string of the molecule is Cc1oc2cc(N=C=O)ccc2c1C. The molecular weight excluding hydrogens is 178 g/mol. The lowest BCUT2D eigenvalue weighted by Crippen LogP contribution is -1.70. The van der Waals surface area contributed by atoms with Crippen molar-refractivity contribution in [2.24, 2.45) is 4.99 Å². The van der Waals surface area contributed by atoms with E-state index in [0.717, 1.165) is 22.3 Å². The Bertz CT molecular complexity index is 533. The highest BCUT2D eigenvalue weighted by Crippen LogP contribution is 2.27. The van der Waals surface area contributed by atoms with Crippen LogP contribution in [-0.4, -0.2) is 6.08 Å². The summed E-state index contributed by atoms with van der Waals surface area (Å²) >= 11 is 0. The van der Waals surface area contributed by atoms with Crippen LogP contribution in [0.15, 0.2) is 27.6 Å². The fourth-order valence-corrected chi connectivity index (χ4v) is 1.46. The highest BCUT2D eigenvalue weighted by Gasteiger charge is 2.06. The van der Waals surface area contributed by atoms with Crippen molar-refractivity contribution in [2.75, 3.05) is 0 Å². The fraction of sp³-hybridized carbons (Fsp3) is 0.182. The van der Waals surface area contributed by atoms with E-state index in [1.807, 2.05) is 19.9 Å². The molecule has 0 amide bonds. The third-order valence-corrected chi connectivity index (χ3v) is 2.34. The molecule has 14 heavy (non-hydrogen) atoms. The first-order chi connectivity index (χ1) is 6.72. The average Bonchev–Trinajstić information content (AvgIpc) is 2.43. The van der Waals surface area contributed by atoms with Gasteiger partial charge in [0.1, 0.15) is 11.3 Å². The van der Waals surface area contributed by atoms with E-state index in [0.29, 0.717) is 5.69 Å². The topological polar surface area (TPSA) is 42.6 Å². The van der Waals surface area contributed by atoms with Crippen molar-refractivity contribution >= 4 is 22.7 Å². The van der Waals surface area contributed by atoms with Crippen LogP contribution >= 0.6 is 0 Å². The summed E-state index contributed by atoms with van der Waals surface area (Å²) in [5.74, 6) is 0.896. The van der Waals surface area contributed by atoms with Crippen molar-refractivity contribution in [3.8, 4) is 0 Å². The third kappa shape index (κ3) is 1.24. The molecular formula is C11H9NO2. The quantitative estimate of drug-likeness (QED) is 0.508. The van der Waals surface area contributed by atoms with Crippen LogP contribution < -0.4 is 0 Å². The number of isocyanates is 1. The molecule has 1 aromatic carbocycles. The van der Waals surface area contributed by atoms with Gasteiger partial charge in [-0.1, -0.05) is 0 Å². The number of furan rings is 1. The van der Waals surface area contributed by atoms with Gasteiger partial charge in [0.15, 0.2) is 0 Å². The minimum atomic E-state index is 0.571. The van der Waals surface area contributed by atoms with E-state index in [1.54, 1.807) is 12.1 Å². The van der Waals surface area contributed by atoms with Gasteiger partial charge < -0.3 is 4.42 Å². The summed E-state index contributed by atoms with van der Waals surface area (Å²) in [5.41, 5.74) is 2.46. The van der Waals surface area contributed by atoms with Gasteiger partial charge in [-0.05, 0) is 31.5 Å². The highest BCUT2D eigenvalue weighted by atomic mass is 16.3. The van der Waals surface area contributed by atoms with Crippen LogP contribution in [0.5, 0.6) is 0 Å². The summed E-state index contributed by atoms with van der Waals surface area (Å²) in [4.78, 5) is 13.6. The molecule has 3 nitrogen and oxygen atoms in total. The number of hydrogen-bond acceptors (Lipinski definition) is 3. The summed E-state index contributed by atoms with van der Waals surface area (Å²) in [5, 5.41) is 1.06. The van der Waals surface area contributed by atoms with Crippen LogP contribution in [-0.2, 0) is 4.79 Å². The van der Waals surface area contributed by atoms with Gasteiger partial charge in [-0.3, -0.25) is 0 Å². The number of nitrogens with zero attached hydrogens (tertiary/aromatic N) is 1. The fourth-order valence-electron chi connectivity index (χ4n) is 1.46. The van der Waals surface area contributed by atoms with Crippen molar-refractivity contribution in [3.05, 3.63) is 29.5 Å². The zero-order valence-corrected chi connectivity index (χ0v) is 8.00. The van der Waals surface area contributed by atoms with Crippen molar-refractivity contribution in [2.45, 2.75) is 13.8 Å². The first-order valence-corrected chi connectivity index (χ1v) is 4.30. The molecule has 0 radical (unpaired) electrons. The summed E-state index contributed by atoms with van der Waals surface area (Å²) < 4.78 is 5.50. The molecule has 3 heteroatoms. The van der Waals surface area contributed by atoms with Gasteiger partial charge in [0, 0.05) is 11.5 Å². The standard InChI is InChI=1S/C11H9NO2/c1-7-8(2)14-11-5-9(12-6-13)3-4-10(7)11/h3-5H,1-2H3. The van der Waals surface area contributed by atoms with Crippen LogP contribution in [0.3, 0.4) is 0 Å². The molecule has 70 valence electrons. The van der Waals surface area contributed by atoms with Crippen molar-refractivity contribution < 1.29 is 9.21 Å². The van der Waals surface area contributed by atoms with Gasteiger partial charge in [-0.2, -0.15) is 4.99 Å². The average molecular weight is 187 g/mol. The van der Waals surface area contributed by atoms with E-state index < -0.39 is 0 Å². The maximum atomic E-state index is 10.1. The second kappa shape index (κ2) is 3.13. The summed E-state index contributed by atoms with van der Waals surface area (Å²) in [6.07, 6.45) is 1.50. The normalized spacial score (nSPS) is 10.1. The number of aryl methyl sites for hydroxylation is 2. The molecule has 0 unspecified atom stereocenters. The summed E-state index contributed by atoms with van der Waals surface area (Å²) in [7, 11) is 0. The predicted octanol–water partition coefficient (Wildman–Crippen LogP) is 3.02. The molecule has 0 fully saturated rings. The smallest absolute Gasteiger partial charge is 0.240 e. The Balaban J connectivity index is 2.73. The highest BCUT2D eigenvalue weighted by molar-refractivity contribution is 5.84. The lowest BCUT2D eigenvalue weighted by Gasteiger charge is -1.90. The molecule has 0 saturated heterocycles. The van der Waals surface area contributed by atoms with E-state index in [2.05, 4.69) is 4.99 Å². The van der Waals surface area contributed by atoms with Gasteiger partial charge in [-0.25, -0.2) is 4.79 Å². The lowest BCUT2D eigenvalue weighted by atomic mass is 10.1. The first kappa shape index (κ1) is 8.73. The maximum absolute atomic E-state index is 10.1. The second-order valence-corrected chi connectivity index (χ2v) is 3.17. The van der Waals surface area contributed by atoms with Gasteiger partial charge >= 0.3 is 0 Å². The number of rotatable bonds is 1. The van der Waals surface area contributed by atoms with Gasteiger partial charge in [-0.15, -0.1) is 0 Å². The number of fused-ring (bicyclic) bond motifs is 1. The summed E-state index contributed by atoms with van der Waals surface area (Å²) in [6.45, 7) is 3.92. The van der Waals surface area contributed by atoms with Crippen LogP contribution in [0.4, 0.5) is 5.69 Å². The number of hydrogen-bond donors (Lipinski definition) is 0. The van der Waals surface area contributed by atoms with Gasteiger partial charge in [0.05, 0.1) is 5.69 Å². The Labute approximate surface area is 81.1 Å². The van der Waals surface area contributed by atoms with Crippen LogP contribution in [0.25, 0.3) is 11.0 Å². The molecule has 2 aromatic rings. The lowest BCUT2D eigenvalue weighted by molar-refractivity contribution is 0.565. The second-order valence-electron chi connectivity index (χ2n) is 3.17.